The molecular weight excluding hydrogens is 693 g/mol. The highest BCUT2D eigenvalue weighted by Crippen LogP contribution is 2.52. The van der Waals surface area contributed by atoms with E-state index in [1.165, 1.54) is 42.0 Å². The van der Waals surface area contributed by atoms with Gasteiger partial charge in [-0.05, 0) is 48.0 Å². The molecule has 0 radical (unpaired) electrons. The zero-order valence-corrected chi connectivity index (χ0v) is 30.1. The largest absolute Gasteiger partial charge is 0.455 e. The fourth-order valence-electron chi connectivity index (χ4n) is 8.47. The third-order valence-electron chi connectivity index (χ3n) is 10.9. The highest BCUT2D eigenvalue weighted by Gasteiger charge is 2.27. The number of thiophene rings is 1. The predicted octanol–water partition coefficient (Wildman–Crippen LogP) is 13.3. The van der Waals surface area contributed by atoms with Gasteiger partial charge in [0.05, 0.1) is 22.3 Å². The van der Waals surface area contributed by atoms with Gasteiger partial charge in [0.25, 0.3) is 0 Å². The molecule has 0 atom stereocenters. The van der Waals surface area contributed by atoms with Gasteiger partial charge in [-0.3, -0.25) is 0 Å². The van der Waals surface area contributed by atoms with E-state index in [0.29, 0.717) is 17.5 Å². The second-order valence-electron chi connectivity index (χ2n) is 13.9. The highest BCUT2D eigenvalue weighted by atomic mass is 32.1. The van der Waals surface area contributed by atoms with Crippen molar-refractivity contribution in [3.05, 3.63) is 170 Å². The molecule has 8 aromatic carbocycles. The van der Waals surface area contributed by atoms with Gasteiger partial charge in [-0.15, -0.1) is 11.3 Å². The summed E-state index contributed by atoms with van der Waals surface area (Å²) in [5.41, 5.74) is 8.27. The van der Waals surface area contributed by atoms with E-state index in [-0.39, 0.29) is 0 Å². The van der Waals surface area contributed by atoms with Crippen LogP contribution in [0, 0.1) is 0 Å². The summed E-state index contributed by atoms with van der Waals surface area (Å²) in [6.45, 7) is 0. The molecule has 0 saturated carbocycles. The number of rotatable bonds is 4. The topological polar surface area (TPSA) is 52.8 Å². The molecule has 0 unspecified atom stereocenters. The molecule has 11 aromatic rings. The molecular formula is C49H28N4OS. The second-order valence-corrected chi connectivity index (χ2v) is 15.0. The fraction of sp³-hybridized carbons (Fsp3) is 0. The Kier molecular flexibility index (Phi) is 6.44. The molecule has 0 N–H and O–H groups in total. The second kappa shape index (κ2) is 11.7. The zero-order valence-electron chi connectivity index (χ0n) is 29.3. The van der Waals surface area contributed by atoms with Crippen molar-refractivity contribution in [2.45, 2.75) is 0 Å². The number of ether oxygens (including phenoxy) is 1. The number of hydrogen-bond acceptors (Lipinski definition) is 5. The van der Waals surface area contributed by atoms with Crippen molar-refractivity contribution in [3.63, 3.8) is 0 Å². The zero-order chi connectivity index (χ0) is 36.0. The van der Waals surface area contributed by atoms with Crippen LogP contribution in [-0.2, 0) is 0 Å². The van der Waals surface area contributed by atoms with Crippen LogP contribution in [0.15, 0.2) is 170 Å². The summed E-state index contributed by atoms with van der Waals surface area (Å²) in [4.78, 5) is 15.0. The van der Waals surface area contributed by atoms with E-state index < -0.39 is 0 Å². The van der Waals surface area contributed by atoms with Crippen molar-refractivity contribution >= 4 is 64.1 Å². The quantitative estimate of drug-likeness (QED) is 0.182. The van der Waals surface area contributed by atoms with Gasteiger partial charge in [-0.2, -0.15) is 0 Å². The van der Waals surface area contributed by atoms with Crippen molar-refractivity contribution in [3.8, 4) is 62.5 Å². The maximum Gasteiger partial charge on any atom is 0.167 e. The van der Waals surface area contributed by atoms with Gasteiger partial charge in [0, 0.05) is 58.4 Å². The lowest BCUT2D eigenvalue weighted by molar-refractivity contribution is 0.488. The Morgan fingerprint density at radius 3 is 1.84 bits per heavy atom. The molecule has 4 heterocycles. The normalized spacial score (nSPS) is 12.1. The molecule has 0 aliphatic carbocycles. The van der Waals surface area contributed by atoms with Crippen LogP contribution < -0.4 is 4.74 Å². The van der Waals surface area contributed by atoms with Crippen molar-refractivity contribution in [1.82, 2.24) is 19.5 Å². The monoisotopic (exact) mass is 720 g/mol. The van der Waals surface area contributed by atoms with E-state index in [2.05, 4.69) is 108 Å². The van der Waals surface area contributed by atoms with Crippen molar-refractivity contribution in [2.75, 3.05) is 0 Å². The Balaban J connectivity index is 1.08. The van der Waals surface area contributed by atoms with Crippen LogP contribution in [0.5, 0.6) is 11.5 Å². The Morgan fingerprint density at radius 1 is 0.400 bits per heavy atom. The molecule has 3 aromatic heterocycles. The van der Waals surface area contributed by atoms with Crippen LogP contribution >= 0.6 is 11.3 Å². The van der Waals surface area contributed by atoms with Gasteiger partial charge >= 0.3 is 0 Å². The van der Waals surface area contributed by atoms with E-state index in [4.69, 9.17) is 19.7 Å². The first-order valence-electron chi connectivity index (χ1n) is 18.4. The molecule has 1 aliphatic rings. The van der Waals surface area contributed by atoms with Crippen LogP contribution in [-0.4, -0.2) is 19.5 Å². The first kappa shape index (κ1) is 30.3. The van der Waals surface area contributed by atoms with Crippen LogP contribution in [0.4, 0.5) is 0 Å². The number of fused-ring (bicyclic) bond motifs is 9. The lowest BCUT2D eigenvalue weighted by atomic mass is 9.92. The summed E-state index contributed by atoms with van der Waals surface area (Å²) in [6.07, 6.45) is 0. The highest BCUT2D eigenvalue weighted by molar-refractivity contribution is 7.26. The van der Waals surface area contributed by atoms with E-state index in [1.807, 2.05) is 78.1 Å². The minimum Gasteiger partial charge on any atom is -0.455 e. The number of nitrogens with zero attached hydrogens (tertiary/aromatic N) is 4. The van der Waals surface area contributed by atoms with Crippen molar-refractivity contribution in [1.29, 1.82) is 0 Å². The Bertz CT molecular complexity index is 3290. The Hall–Kier alpha value is -7.15. The predicted molar refractivity (Wildman–Crippen MR) is 226 cm³/mol. The SMILES string of the molecule is c1ccc(-c2nc(-c3ccccc3)nc(-c3cccc4c3Oc3ccc(-n5c6ccccc6c6c7c(ccc65)sc5ccccc57)c5cccc-4c35)n2)cc1. The average molecular weight is 721 g/mol. The standard InChI is InChI=1S/C49H28N4OS/c1-3-13-29(14-4-1)47-50-48(30-15-5-2-6-16-30)52-49(51-47)36-22-12-20-32-31-19-11-21-33-38(25-27-40(43(31)33)54-46(32)36)53-37-23-9-7-17-34(37)44-39(53)26-28-42-45(44)35-18-8-10-24-41(35)55-42/h1-28H. The summed E-state index contributed by atoms with van der Waals surface area (Å²) in [7, 11) is 0. The maximum atomic E-state index is 6.96. The van der Waals surface area contributed by atoms with Gasteiger partial charge in [0.1, 0.15) is 11.5 Å². The Morgan fingerprint density at radius 2 is 1.04 bits per heavy atom. The van der Waals surface area contributed by atoms with Crippen LogP contribution in [0.25, 0.3) is 104 Å². The summed E-state index contributed by atoms with van der Waals surface area (Å²) in [5, 5.41) is 7.38. The lowest BCUT2D eigenvalue weighted by Crippen LogP contribution is -2.04. The summed E-state index contributed by atoms with van der Waals surface area (Å²) in [6, 6.07) is 59.4. The summed E-state index contributed by atoms with van der Waals surface area (Å²) < 4.78 is 12.0. The van der Waals surface area contributed by atoms with Crippen LogP contribution in [0.3, 0.4) is 0 Å². The Labute approximate surface area is 319 Å². The fourth-order valence-corrected chi connectivity index (χ4v) is 9.59. The van der Waals surface area contributed by atoms with Gasteiger partial charge in [0.2, 0.25) is 0 Å². The van der Waals surface area contributed by atoms with Crippen molar-refractivity contribution in [2.24, 2.45) is 0 Å². The first-order chi connectivity index (χ1) is 27.3. The number of para-hydroxylation sites is 2. The molecule has 55 heavy (non-hydrogen) atoms. The molecule has 0 fully saturated rings. The van der Waals surface area contributed by atoms with Gasteiger partial charge in [-0.25, -0.2) is 15.0 Å². The summed E-state index contributed by atoms with van der Waals surface area (Å²) in [5.74, 6) is 3.34. The molecule has 0 amide bonds. The number of benzene rings is 8. The van der Waals surface area contributed by atoms with E-state index in [0.717, 1.165) is 55.8 Å². The minimum absolute atomic E-state index is 0.564. The molecule has 1 aliphatic heterocycles. The van der Waals surface area contributed by atoms with E-state index in [9.17, 15) is 0 Å². The maximum absolute atomic E-state index is 6.96. The van der Waals surface area contributed by atoms with E-state index in [1.54, 1.807) is 0 Å². The molecule has 0 saturated heterocycles. The van der Waals surface area contributed by atoms with Gasteiger partial charge < -0.3 is 9.30 Å². The summed E-state index contributed by atoms with van der Waals surface area (Å²) >= 11 is 1.86. The van der Waals surface area contributed by atoms with Gasteiger partial charge in [-0.1, -0.05) is 127 Å². The molecule has 6 heteroatoms. The molecule has 256 valence electrons. The van der Waals surface area contributed by atoms with Crippen LogP contribution in [0.2, 0.25) is 0 Å². The van der Waals surface area contributed by atoms with E-state index >= 15 is 0 Å². The number of aromatic nitrogens is 4. The molecule has 0 spiro atoms. The smallest absolute Gasteiger partial charge is 0.167 e. The molecule has 5 nitrogen and oxygen atoms in total. The average Bonchev–Trinajstić information content (AvgIpc) is 3.80. The third kappa shape index (κ3) is 4.49. The van der Waals surface area contributed by atoms with Crippen LogP contribution in [0.1, 0.15) is 0 Å². The lowest BCUT2D eigenvalue weighted by Gasteiger charge is -2.24. The van der Waals surface area contributed by atoms with Gasteiger partial charge in [0.15, 0.2) is 17.5 Å². The first-order valence-corrected chi connectivity index (χ1v) is 19.2. The molecule has 12 rings (SSSR count). The third-order valence-corrected chi connectivity index (χ3v) is 12.0. The minimum atomic E-state index is 0.564. The molecule has 0 bridgehead atoms. The number of hydrogen-bond donors (Lipinski definition) is 0. The van der Waals surface area contributed by atoms with Crippen molar-refractivity contribution < 1.29 is 4.74 Å².